The monoisotopic (exact) mass is 235 g/mol. The molecule has 1 aromatic carbocycles. The molecule has 0 bridgehead atoms. The minimum atomic E-state index is 0.451. The molecule has 0 spiro atoms. The standard InChI is InChI=1S/C13H21N3O/c1-9(2)8-15-13(14)16-12-6-5-11(17-4)7-10(12)3/h5-7,9H,8H2,1-4H3,(H3,14,15,16). The van der Waals surface area contributed by atoms with Crippen LogP contribution < -0.4 is 15.8 Å². The summed E-state index contributed by atoms with van der Waals surface area (Å²) in [6, 6.07) is 5.79. The number of ether oxygens (including phenoxy) is 1. The minimum absolute atomic E-state index is 0.451. The van der Waals surface area contributed by atoms with E-state index in [4.69, 9.17) is 10.5 Å². The van der Waals surface area contributed by atoms with Gasteiger partial charge in [-0.25, -0.2) is 0 Å². The van der Waals surface area contributed by atoms with Gasteiger partial charge in [-0.15, -0.1) is 0 Å². The molecular formula is C13H21N3O. The van der Waals surface area contributed by atoms with Crippen LogP contribution in [0.5, 0.6) is 5.75 Å². The summed E-state index contributed by atoms with van der Waals surface area (Å²) in [5, 5.41) is 3.09. The van der Waals surface area contributed by atoms with E-state index in [0.29, 0.717) is 11.9 Å². The summed E-state index contributed by atoms with van der Waals surface area (Å²) in [5.41, 5.74) is 7.83. The van der Waals surface area contributed by atoms with E-state index in [9.17, 15) is 0 Å². The molecule has 1 rings (SSSR count). The Balaban J connectivity index is 2.71. The maximum Gasteiger partial charge on any atom is 0.193 e. The molecule has 1 aromatic rings. The number of nitrogens with zero attached hydrogens (tertiary/aromatic N) is 1. The number of hydrogen-bond donors (Lipinski definition) is 2. The van der Waals surface area contributed by atoms with Crippen LogP contribution in [0.25, 0.3) is 0 Å². The molecule has 4 nitrogen and oxygen atoms in total. The van der Waals surface area contributed by atoms with E-state index in [-0.39, 0.29) is 0 Å². The maximum absolute atomic E-state index is 5.80. The van der Waals surface area contributed by atoms with Gasteiger partial charge in [-0.1, -0.05) is 13.8 Å². The fourth-order valence-electron chi connectivity index (χ4n) is 1.36. The molecule has 94 valence electrons. The number of anilines is 1. The highest BCUT2D eigenvalue weighted by Gasteiger charge is 2.01. The Labute approximate surface area is 103 Å². The van der Waals surface area contributed by atoms with Crippen LogP contribution in [0.2, 0.25) is 0 Å². The Morgan fingerprint density at radius 3 is 2.71 bits per heavy atom. The Morgan fingerprint density at radius 1 is 1.47 bits per heavy atom. The number of guanidine groups is 1. The first-order valence-electron chi connectivity index (χ1n) is 5.74. The van der Waals surface area contributed by atoms with Gasteiger partial charge >= 0.3 is 0 Å². The van der Waals surface area contributed by atoms with Crippen LogP contribution in [0.15, 0.2) is 23.2 Å². The lowest BCUT2D eigenvalue weighted by molar-refractivity contribution is 0.414. The van der Waals surface area contributed by atoms with E-state index < -0.39 is 0 Å². The zero-order valence-electron chi connectivity index (χ0n) is 10.9. The largest absolute Gasteiger partial charge is 0.497 e. The summed E-state index contributed by atoms with van der Waals surface area (Å²) in [7, 11) is 1.65. The number of aryl methyl sites for hydroxylation is 1. The smallest absolute Gasteiger partial charge is 0.193 e. The molecule has 4 heteroatoms. The third kappa shape index (κ3) is 4.34. The summed E-state index contributed by atoms with van der Waals surface area (Å²) >= 11 is 0. The zero-order valence-corrected chi connectivity index (χ0v) is 10.9. The lowest BCUT2D eigenvalue weighted by Gasteiger charge is -2.10. The van der Waals surface area contributed by atoms with Crippen molar-refractivity contribution in [2.75, 3.05) is 19.0 Å². The average molecular weight is 235 g/mol. The number of nitrogens with two attached hydrogens (primary N) is 1. The average Bonchev–Trinajstić information content (AvgIpc) is 2.29. The molecular weight excluding hydrogens is 214 g/mol. The molecule has 0 radical (unpaired) electrons. The zero-order chi connectivity index (χ0) is 12.8. The topological polar surface area (TPSA) is 59.6 Å². The molecule has 0 aliphatic carbocycles. The Bertz CT molecular complexity index is 400. The Hall–Kier alpha value is -1.71. The second-order valence-electron chi connectivity index (χ2n) is 4.43. The van der Waals surface area contributed by atoms with E-state index in [1.165, 1.54) is 0 Å². The van der Waals surface area contributed by atoms with Gasteiger partial charge in [0, 0.05) is 12.2 Å². The molecule has 0 amide bonds. The van der Waals surface area contributed by atoms with Crippen molar-refractivity contribution in [2.45, 2.75) is 20.8 Å². The van der Waals surface area contributed by atoms with E-state index in [0.717, 1.165) is 23.5 Å². The van der Waals surface area contributed by atoms with Crippen LogP contribution >= 0.6 is 0 Å². The lowest BCUT2D eigenvalue weighted by Crippen LogP contribution is -2.23. The van der Waals surface area contributed by atoms with Gasteiger partial charge in [-0.2, -0.15) is 0 Å². The van der Waals surface area contributed by atoms with E-state index in [2.05, 4.69) is 24.2 Å². The third-order valence-corrected chi connectivity index (χ3v) is 2.32. The van der Waals surface area contributed by atoms with Gasteiger partial charge in [0.25, 0.3) is 0 Å². The lowest BCUT2D eigenvalue weighted by atomic mass is 10.2. The summed E-state index contributed by atoms with van der Waals surface area (Å²) in [4.78, 5) is 4.25. The second-order valence-corrected chi connectivity index (χ2v) is 4.43. The van der Waals surface area contributed by atoms with Crippen molar-refractivity contribution in [3.8, 4) is 5.75 Å². The van der Waals surface area contributed by atoms with Crippen LogP contribution in [0.1, 0.15) is 19.4 Å². The van der Waals surface area contributed by atoms with Crippen LogP contribution in [-0.2, 0) is 0 Å². The Kier molecular flexibility index (Phi) is 4.82. The molecule has 0 saturated carbocycles. The van der Waals surface area contributed by atoms with Gasteiger partial charge in [0.2, 0.25) is 0 Å². The Morgan fingerprint density at radius 2 is 2.18 bits per heavy atom. The highest BCUT2D eigenvalue weighted by molar-refractivity contribution is 5.93. The molecule has 0 unspecified atom stereocenters. The molecule has 0 heterocycles. The SMILES string of the molecule is COc1ccc(NC(N)=NCC(C)C)c(C)c1. The van der Waals surface area contributed by atoms with Crippen molar-refractivity contribution >= 4 is 11.6 Å². The van der Waals surface area contributed by atoms with Gasteiger partial charge in [0.1, 0.15) is 5.75 Å². The van der Waals surface area contributed by atoms with Crippen LogP contribution in [0.4, 0.5) is 5.69 Å². The molecule has 0 saturated heterocycles. The number of benzene rings is 1. The van der Waals surface area contributed by atoms with Crippen molar-refractivity contribution in [3.63, 3.8) is 0 Å². The minimum Gasteiger partial charge on any atom is -0.497 e. The number of rotatable bonds is 4. The molecule has 0 aliphatic rings. The first kappa shape index (κ1) is 13.4. The van der Waals surface area contributed by atoms with Crippen molar-refractivity contribution < 1.29 is 4.74 Å². The molecule has 0 aromatic heterocycles. The summed E-state index contributed by atoms with van der Waals surface area (Å²) in [6.07, 6.45) is 0. The van der Waals surface area contributed by atoms with E-state index in [1.54, 1.807) is 7.11 Å². The molecule has 0 aliphatic heterocycles. The van der Waals surface area contributed by atoms with E-state index >= 15 is 0 Å². The summed E-state index contributed by atoms with van der Waals surface area (Å²) < 4.78 is 5.14. The molecule has 0 atom stereocenters. The van der Waals surface area contributed by atoms with Gasteiger partial charge in [-0.3, -0.25) is 4.99 Å². The highest BCUT2D eigenvalue weighted by atomic mass is 16.5. The summed E-state index contributed by atoms with van der Waals surface area (Å²) in [5.74, 6) is 1.80. The normalized spacial score (nSPS) is 11.7. The molecule has 0 fully saturated rings. The number of aliphatic imine (C=N–C) groups is 1. The van der Waals surface area contributed by atoms with Gasteiger partial charge < -0.3 is 15.8 Å². The molecule has 17 heavy (non-hydrogen) atoms. The fourth-order valence-corrected chi connectivity index (χ4v) is 1.36. The highest BCUT2D eigenvalue weighted by Crippen LogP contribution is 2.20. The predicted octanol–water partition coefficient (Wildman–Crippen LogP) is 2.39. The van der Waals surface area contributed by atoms with Crippen molar-refractivity contribution in [3.05, 3.63) is 23.8 Å². The fraction of sp³-hybridized carbons (Fsp3) is 0.462. The summed E-state index contributed by atoms with van der Waals surface area (Å²) in [6.45, 7) is 6.94. The predicted molar refractivity (Wildman–Crippen MR) is 72.7 cm³/mol. The maximum atomic E-state index is 5.80. The van der Waals surface area contributed by atoms with Gasteiger partial charge in [-0.05, 0) is 36.6 Å². The first-order chi connectivity index (χ1) is 8.02. The van der Waals surface area contributed by atoms with Crippen LogP contribution in [-0.4, -0.2) is 19.6 Å². The van der Waals surface area contributed by atoms with Gasteiger partial charge in [0.15, 0.2) is 5.96 Å². The van der Waals surface area contributed by atoms with Gasteiger partial charge in [0.05, 0.1) is 7.11 Å². The number of nitrogens with one attached hydrogen (secondary N) is 1. The van der Waals surface area contributed by atoms with Crippen LogP contribution in [0.3, 0.4) is 0 Å². The van der Waals surface area contributed by atoms with Crippen molar-refractivity contribution in [1.29, 1.82) is 0 Å². The number of hydrogen-bond acceptors (Lipinski definition) is 2. The first-order valence-corrected chi connectivity index (χ1v) is 5.74. The van der Waals surface area contributed by atoms with E-state index in [1.807, 2.05) is 25.1 Å². The third-order valence-electron chi connectivity index (χ3n) is 2.32. The molecule has 3 N–H and O–H groups in total. The number of methoxy groups -OCH3 is 1. The second kappa shape index (κ2) is 6.13. The van der Waals surface area contributed by atoms with Crippen LogP contribution in [0, 0.1) is 12.8 Å². The van der Waals surface area contributed by atoms with Crippen molar-refractivity contribution in [2.24, 2.45) is 16.6 Å². The van der Waals surface area contributed by atoms with Crippen molar-refractivity contribution in [1.82, 2.24) is 0 Å². The quantitative estimate of drug-likeness (QED) is 0.622.